The number of rotatable bonds is 9. The third-order valence-corrected chi connectivity index (χ3v) is 4.25. The molecule has 0 fully saturated rings. The molecule has 0 aromatic rings. The van der Waals surface area contributed by atoms with Crippen LogP contribution in [-0.4, -0.2) is 44.8 Å². The monoisotopic (exact) mass is 268 g/mol. The number of methoxy groups -OCH3 is 1. The van der Waals surface area contributed by atoms with Gasteiger partial charge in [0.1, 0.15) is 0 Å². The van der Waals surface area contributed by atoms with Crippen LogP contribution in [0.1, 0.15) is 39.5 Å². The van der Waals surface area contributed by atoms with Gasteiger partial charge in [-0.05, 0) is 56.2 Å². The van der Waals surface area contributed by atoms with Crippen molar-refractivity contribution in [2.45, 2.75) is 39.5 Å². The van der Waals surface area contributed by atoms with Crippen LogP contribution in [0.15, 0.2) is 11.6 Å². The highest BCUT2D eigenvalue weighted by atomic mass is 16.5. The molecule has 0 saturated heterocycles. The van der Waals surface area contributed by atoms with E-state index in [9.17, 15) is 0 Å². The molecule has 0 aromatic carbocycles. The molecule has 3 nitrogen and oxygen atoms in total. The molecule has 0 saturated carbocycles. The van der Waals surface area contributed by atoms with Crippen LogP contribution in [0, 0.1) is 11.8 Å². The van der Waals surface area contributed by atoms with Gasteiger partial charge in [-0.3, -0.25) is 4.90 Å². The Balaban J connectivity index is 2.19. The molecule has 0 amide bonds. The molecule has 0 bridgehead atoms. The van der Waals surface area contributed by atoms with Gasteiger partial charge in [-0.1, -0.05) is 19.9 Å². The summed E-state index contributed by atoms with van der Waals surface area (Å²) in [5.41, 5.74) is 7.16. The second-order valence-electron chi connectivity index (χ2n) is 6.07. The molecule has 112 valence electrons. The summed E-state index contributed by atoms with van der Waals surface area (Å²) in [4.78, 5) is 2.55. The lowest BCUT2D eigenvalue weighted by atomic mass is 9.88. The Hall–Kier alpha value is -0.380. The maximum atomic E-state index is 5.70. The van der Waals surface area contributed by atoms with Crippen molar-refractivity contribution in [2.75, 3.05) is 39.9 Å². The van der Waals surface area contributed by atoms with Crippen molar-refractivity contribution in [2.24, 2.45) is 17.6 Å². The predicted molar refractivity (Wildman–Crippen MR) is 82.2 cm³/mol. The van der Waals surface area contributed by atoms with Crippen LogP contribution in [0.2, 0.25) is 0 Å². The average Bonchev–Trinajstić information content (AvgIpc) is 2.40. The van der Waals surface area contributed by atoms with Crippen LogP contribution >= 0.6 is 0 Å². The highest BCUT2D eigenvalue weighted by molar-refractivity contribution is 5.07. The molecule has 1 aliphatic heterocycles. The molecule has 2 N–H and O–H groups in total. The van der Waals surface area contributed by atoms with Gasteiger partial charge in [0.15, 0.2) is 0 Å². The van der Waals surface area contributed by atoms with Crippen LogP contribution < -0.4 is 5.73 Å². The summed E-state index contributed by atoms with van der Waals surface area (Å²) in [6.07, 6.45) is 7.31. The van der Waals surface area contributed by atoms with Crippen LogP contribution in [0.5, 0.6) is 0 Å². The molecule has 0 radical (unpaired) electrons. The third kappa shape index (κ3) is 6.55. The number of ether oxygens (including phenoxy) is 1. The first-order valence-corrected chi connectivity index (χ1v) is 7.76. The van der Waals surface area contributed by atoms with Gasteiger partial charge >= 0.3 is 0 Å². The zero-order chi connectivity index (χ0) is 14.1. The van der Waals surface area contributed by atoms with Crippen molar-refractivity contribution in [3.63, 3.8) is 0 Å². The lowest BCUT2D eigenvalue weighted by molar-refractivity contribution is 0.209. The number of hydrogen-bond acceptors (Lipinski definition) is 3. The van der Waals surface area contributed by atoms with Gasteiger partial charge < -0.3 is 10.5 Å². The molecule has 3 heteroatoms. The predicted octanol–water partition coefficient (Wildman–Crippen LogP) is 2.67. The van der Waals surface area contributed by atoms with Crippen molar-refractivity contribution in [1.29, 1.82) is 0 Å². The van der Waals surface area contributed by atoms with Gasteiger partial charge in [0, 0.05) is 20.2 Å². The largest absolute Gasteiger partial charge is 0.380 e. The van der Waals surface area contributed by atoms with Gasteiger partial charge in [0.2, 0.25) is 0 Å². The fourth-order valence-corrected chi connectivity index (χ4v) is 2.88. The fraction of sp³-hybridized carbons (Fsp3) is 0.875. The van der Waals surface area contributed by atoms with E-state index in [0.717, 1.165) is 31.5 Å². The van der Waals surface area contributed by atoms with E-state index in [0.29, 0.717) is 0 Å². The van der Waals surface area contributed by atoms with Crippen molar-refractivity contribution in [3.05, 3.63) is 11.6 Å². The van der Waals surface area contributed by atoms with E-state index in [-0.39, 0.29) is 0 Å². The zero-order valence-corrected chi connectivity index (χ0v) is 13.0. The Labute approximate surface area is 119 Å². The van der Waals surface area contributed by atoms with E-state index in [1.165, 1.54) is 44.3 Å². The van der Waals surface area contributed by atoms with E-state index < -0.39 is 0 Å². The highest BCUT2D eigenvalue weighted by Gasteiger charge is 2.14. The van der Waals surface area contributed by atoms with Gasteiger partial charge in [-0.15, -0.1) is 0 Å². The van der Waals surface area contributed by atoms with Crippen molar-refractivity contribution < 1.29 is 4.74 Å². The van der Waals surface area contributed by atoms with Gasteiger partial charge in [-0.25, -0.2) is 0 Å². The molecule has 1 atom stereocenters. The molecule has 1 rings (SSSR count). The molecule has 1 unspecified atom stereocenters. The van der Waals surface area contributed by atoms with E-state index in [1.54, 1.807) is 7.11 Å². The summed E-state index contributed by atoms with van der Waals surface area (Å²) in [5.74, 6) is 1.56. The molecular weight excluding hydrogens is 236 g/mol. The average molecular weight is 268 g/mol. The second-order valence-corrected chi connectivity index (χ2v) is 6.07. The highest BCUT2D eigenvalue weighted by Crippen LogP contribution is 2.21. The summed E-state index contributed by atoms with van der Waals surface area (Å²) >= 11 is 0. The van der Waals surface area contributed by atoms with Gasteiger partial charge in [0.05, 0.1) is 6.61 Å². The smallest absolute Gasteiger partial charge is 0.0673 e. The van der Waals surface area contributed by atoms with E-state index in [4.69, 9.17) is 10.5 Å². The summed E-state index contributed by atoms with van der Waals surface area (Å²) in [5, 5.41) is 0. The van der Waals surface area contributed by atoms with E-state index in [2.05, 4.69) is 24.8 Å². The Morgan fingerprint density at radius 1 is 1.37 bits per heavy atom. The topological polar surface area (TPSA) is 38.5 Å². The van der Waals surface area contributed by atoms with Crippen LogP contribution in [0.3, 0.4) is 0 Å². The standard InChI is InChI=1S/C16H32N2O/c1-14(2)16(6-9-17)5-4-10-18-11-7-15(8-12-18)13-19-3/h7,14,16H,4-6,8-13,17H2,1-3H3. The Kier molecular flexibility index (Phi) is 8.35. The lowest BCUT2D eigenvalue weighted by Gasteiger charge is -2.27. The molecule has 0 spiro atoms. The molecule has 19 heavy (non-hydrogen) atoms. The molecule has 0 aromatic heterocycles. The second kappa shape index (κ2) is 9.51. The number of nitrogens with zero attached hydrogens (tertiary/aromatic N) is 1. The minimum Gasteiger partial charge on any atom is -0.380 e. The van der Waals surface area contributed by atoms with Crippen molar-refractivity contribution in [1.82, 2.24) is 4.90 Å². The lowest BCUT2D eigenvalue weighted by Crippen LogP contribution is -2.31. The zero-order valence-electron chi connectivity index (χ0n) is 13.0. The van der Waals surface area contributed by atoms with Crippen molar-refractivity contribution >= 4 is 0 Å². The first kappa shape index (κ1) is 16.7. The van der Waals surface area contributed by atoms with Crippen LogP contribution in [0.4, 0.5) is 0 Å². The minimum absolute atomic E-state index is 0.762. The maximum absolute atomic E-state index is 5.70. The number of nitrogens with two attached hydrogens (primary N) is 1. The minimum atomic E-state index is 0.762. The summed E-state index contributed by atoms with van der Waals surface area (Å²) in [6, 6.07) is 0. The number of hydrogen-bond donors (Lipinski definition) is 1. The summed E-state index contributed by atoms with van der Waals surface area (Å²) < 4.78 is 5.18. The SMILES string of the molecule is COCC1=CCN(CCCC(CCN)C(C)C)CC1. The Morgan fingerprint density at radius 2 is 2.16 bits per heavy atom. The molecular formula is C16H32N2O. The maximum Gasteiger partial charge on any atom is 0.0673 e. The van der Waals surface area contributed by atoms with E-state index >= 15 is 0 Å². The molecule has 0 aliphatic carbocycles. The summed E-state index contributed by atoms with van der Waals surface area (Å²) in [6.45, 7) is 9.79. The first-order chi connectivity index (χ1) is 9.17. The van der Waals surface area contributed by atoms with Crippen LogP contribution in [-0.2, 0) is 4.74 Å². The quantitative estimate of drug-likeness (QED) is 0.653. The Morgan fingerprint density at radius 3 is 2.68 bits per heavy atom. The summed E-state index contributed by atoms with van der Waals surface area (Å²) in [7, 11) is 1.77. The van der Waals surface area contributed by atoms with E-state index in [1.807, 2.05) is 0 Å². The fourth-order valence-electron chi connectivity index (χ4n) is 2.88. The molecule has 1 heterocycles. The normalized spacial score (nSPS) is 18.7. The Bertz CT molecular complexity index is 263. The van der Waals surface area contributed by atoms with Crippen LogP contribution in [0.25, 0.3) is 0 Å². The van der Waals surface area contributed by atoms with Gasteiger partial charge in [0.25, 0.3) is 0 Å². The van der Waals surface area contributed by atoms with Crippen molar-refractivity contribution in [3.8, 4) is 0 Å². The molecule has 1 aliphatic rings. The third-order valence-electron chi connectivity index (χ3n) is 4.25. The van der Waals surface area contributed by atoms with Gasteiger partial charge in [-0.2, -0.15) is 0 Å². The first-order valence-electron chi connectivity index (χ1n) is 7.76.